The monoisotopic (exact) mass is 385 g/mol. The van der Waals surface area contributed by atoms with Gasteiger partial charge in [-0.25, -0.2) is 13.2 Å². The minimum absolute atomic E-state index is 0.0373. The fourth-order valence-electron chi connectivity index (χ4n) is 2.77. The van der Waals surface area contributed by atoms with Crippen molar-refractivity contribution in [1.82, 2.24) is 5.32 Å². The van der Waals surface area contributed by atoms with Crippen LogP contribution in [0.5, 0.6) is 11.5 Å². The molecule has 9 heteroatoms. The Morgan fingerprint density at radius 2 is 2.00 bits per heavy atom. The zero-order valence-electron chi connectivity index (χ0n) is 15.0. The average Bonchev–Trinajstić information content (AvgIpc) is 2.85. The third-order valence-corrected chi connectivity index (χ3v) is 5.88. The van der Waals surface area contributed by atoms with E-state index in [0.717, 1.165) is 0 Å². The summed E-state index contributed by atoms with van der Waals surface area (Å²) < 4.78 is 38.7. The molecule has 0 bridgehead atoms. The van der Waals surface area contributed by atoms with Gasteiger partial charge >= 0.3 is 5.97 Å². The summed E-state index contributed by atoms with van der Waals surface area (Å²) in [5.74, 6) is -0.426. The van der Waals surface area contributed by atoms with Gasteiger partial charge in [-0.15, -0.1) is 0 Å². The number of esters is 1. The van der Waals surface area contributed by atoms with Crippen molar-refractivity contribution in [3.05, 3.63) is 23.8 Å². The van der Waals surface area contributed by atoms with Gasteiger partial charge in [-0.05, 0) is 38.5 Å². The van der Waals surface area contributed by atoms with Crippen LogP contribution in [0.25, 0.3) is 0 Å². The van der Waals surface area contributed by atoms with Gasteiger partial charge in [-0.1, -0.05) is 0 Å². The van der Waals surface area contributed by atoms with Crippen molar-refractivity contribution in [1.29, 1.82) is 0 Å². The van der Waals surface area contributed by atoms with Gasteiger partial charge in [0.2, 0.25) is 0 Å². The molecule has 0 unspecified atom stereocenters. The van der Waals surface area contributed by atoms with E-state index in [-0.39, 0.29) is 17.1 Å². The number of nitrogens with one attached hydrogen (secondary N) is 1. The van der Waals surface area contributed by atoms with Crippen LogP contribution in [-0.4, -0.2) is 57.7 Å². The average molecular weight is 385 g/mol. The van der Waals surface area contributed by atoms with Crippen LogP contribution in [0.2, 0.25) is 0 Å². The summed E-state index contributed by atoms with van der Waals surface area (Å²) in [4.78, 5) is 24.1. The fourth-order valence-corrected chi connectivity index (χ4v) is 4.86. The molecule has 1 heterocycles. The van der Waals surface area contributed by atoms with E-state index >= 15 is 0 Å². The highest BCUT2D eigenvalue weighted by Gasteiger charge is 2.39. The SMILES string of the molecule is CCOc1cc(C(=O)OCC(=O)N[C@]2(C)CCS(=O)(=O)C2)ccc1OC. The predicted molar refractivity (Wildman–Crippen MR) is 94.3 cm³/mol. The van der Waals surface area contributed by atoms with E-state index in [1.54, 1.807) is 19.9 Å². The van der Waals surface area contributed by atoms with Gasteiger partial charge in [0.1, 0.15) is 0 Å². The molecule has 1 saturated heterocycles. The minimum atomic E-state index is -3.14. The first-order valence-corrected chi connectivity index (χ1v) is 9.99. The molecule has 1 fully saturated rings. The lowest BCUT2D eigenvalue weighted by atomic mass is 10.0. The number of ether oxygens (including phenoxy) is 3. The van der Waals surface area contributed by atoms with Crippen molar-refractivity contribution < 1.29 is 32.2 Å². The second-order valence-electron chi connectivity index (χ2n) is 6.33. The molecule has 1 amide bonds. The van der Waals surface area contributed by atoms with Crippen LogP contribution in [0.15, 0.2) is 18.2 Å². The number of rotatable bonds is 7. The molecular weight excluding hydrogens is 362 g/mol. The number of hydrogen-bond donors (Lipinski definition) is 1. The smallest absolute Gasteiger partial charge is 0.338 e. The Labute approximate surface area is 152 Å². The van der Waals surface area contributed by atoms with E-state index in [1.807, 2.05) is 0 Å². The molecule has 1 aromatic rings. The number of carbonyl (C=O) groups excluding carboxylic acids is 2. The van der Waals surface area contributed by atoms with Crippen LogP contribution in [-0.2, 0) is 19.4 Å². The largest absolute Gasteiger partial charge is 0.493 e. The third-order valence-electron chi connectivity index (χ3n) is 3.98. The second kappa shape index (κ2) is 7.94. The summed E-state index contributed by atoms with van der Waals surface area (Å²) in [5.41, 5.74) is -0.610. The van der Waals surface area contributed by atoms with E-state index in [1.165, 1.54) is 19.2 Å². The van der Waals surface area contributed by atoms with Crippen LogP contribution in [0, 0.1) is 0 Å². The number of benzene rings is 1. The van der Waals surface area contributed by atoms with Crippen molar-refractivity contribution in [2.45, 2.75) is 25.8 Å². The lowest BCUT2D eigenvalue weighted by molar-refractivity contribution is -0.125. The minimum Gasteiger partial charge on any atom is -0.493 e. The molecule has 144 valence electrons. The molecule has 2 rings (SSSR count). The van der Waals surface area contributed by atoms with Gasteiger partial charge in [0, 0.05) is 0 Å². The van der Waals surface area contributed by atoms with Crippen molar-refractivity contribution in [2.75, 3.05) is 31.8 Å². The van der Waals surface area contributed by atoms with Crippen molar-refractivity contribution in [3.8, 4) is 11.5 Å². The Balaban J connectivity index is 1.94. The number of hydrogen-bond acceptors (Lipinski definition) is 7. The molecule has 1 aliphatic rings. The lowest BCUT2D eigenvalue weighted by Gasteiger charge is -2.23. The summed E-state index contributed by atoms with van der Waals surface area (Å²) in [6.07, 6.45) is 0.339. The highest BCUT2D eigenvalue weighted by atomic mass is 32.2. The Kier molecular flexibility index (Phi) is 6.12. The summed E-state index contributed by atoms with van der Waals surface area (Å²) >= 11 is 0. The zero-order chi connectivity index (χ0) is 19.4. The van der Waals surface area contributed by atoms with Crippen LogP contribution >= 0.6 is 0 Å². The summed E-state index contributed by atoms with van der Waals surface area (Å²) in [6.45, 7) is 3.37. The van der Waals surface area contributed by atoms with Crippen LogP contribution in [0.1, 0.15) is 30.6 Å². The van der Waals surface area contributed by atoms with E-state index in [2.05, 4.69) is 5.32 Å². The van der Waals surface area contributed by atoms with E-state index in [4.69, 9.17) is 14.2 Å². The van der Waals surface area contributed by atoms with Crippen molar-refractivity contribution in [3.63, 3.8) is 0 Å². The molecule has 1 aromatic carbocycles. The third kappa shape index (κ3) is 5.10. The van der Waals surface area contributed by atoms with Crippen molar-refractivity contribution in [2.24, 2.45) is 0 Å². The quantitative estimate of drug-likeness (QED) is 0.696. The van der Waals surface area contributed by atoms with Crippen LogP contribution in [0.4, 0.5) is 0 Å². The van der Waals surface area contributed by atoms with E-state index in [0.29, 0.717) is 24.5 Å². The molecular formula is C17H23NO7S. The maximum Gasteiger partial charge on any atom is 0.338 e. The first-order chi connectivity index (χ1) is 12.2. The first kappa shape index (κ1) is 20.0. The molecule has 0 radical (unpaired) electrons. The standard InChI is InChI=1S/C17H23NO7S/c1-4-24-14-9-12(5-6-13(14)23-3)16(20)25-10-15(19)18-17(2)7-8-26(21,22)11-17/h5-6,9H,4,7-8,10-11H2,1-3H3,(H,18,19)/t17-/m1/s1. The summed E-state index contributed by atoms with van der Waals surface area (Å²) in [5, 5.41) is 2.63. The normalized spacial score (nSPS) is 21.0. The highest BCUT2D eigenvalue weighted by Crippen LogP contribution is 2.28. The molecule has 26 heavy (non-hydrogen) atoms. The zero-order valence-corrected chi connectivity index (χ0v) is 15.9. The lowest BCUT2D eigenvalue weighted by Crippen LogP contribution is -2.48. The molecule has 0 spiro atoms. The Morgan fingerprint density at radius 3 is 2.58 bits per heavy atom. The van der Waals surface area contributed by atoms with Gasteiger partial charge in [-0.3, -0.25) is 4.79 Å². The number of carbonyl (C=O) groups is 2. The van der Waals surface area contributed by atoms with Crippen LogP contribution in [0.3, 0.4) is 0 Å². The number of methoxy groups -OCH3 is 1. The second-order valence-corrected chi connectivity index (χ2v) is 8.51. The molecule has 1 N–H and O–H groups in total. The van der Waals surface area contributed by atoms with Gasteiger partial charge < -0.3 is 19.5 Å². The Bertz CT molecular complexity index is 790. The topological polar surface area (TPSA) is 108 Å². The molecule has 0 saturated carbocycles. The summed E-state index contributed by atoms with van der Waals surface area (Å²) in [6, 6.07) is 4.56. The summed E-state index contributed by atoms with van der Waals surface area (Å²) in [7, 11) is -1.65. The highest BCUT2D eigenvalue weighted by molar-refractivity contribution is 7.91. The van der Waals surface area contributed by atoms with Crippen molar-refractivity contribution >= 4 is 21.7 Å². The molecule has 8 nitrogen and oxygen atoms in total. The van der Waals surface area contributed by atoms with E-state index < -0.39 is 33.9 Å². The molecule has 0 aromatic heterocycles. The van der Waals surface area contributed by atoms with Gasteiger partial charge in [0.25, 0.3) is 5.91 Å². The Hall–Kier alpha value is -2.29. The fraction of sp³-hybridized carbons (Fsp3) is 0.529. The Morgan fingerprint density at radius 1 is 1.27 bits per heavy atom. The maximum atomic E-state index is 12.1. The number of amides is 1. The molecule has 1 atom stereocenters. The van der Waals surface area contributed by atoms with Gasteiger partial charge in [0.15, 0.2) is 27.9 Å². The van der Waals surface area contributed by atoms with Crippen LogP contribution < -0.4 is 14.8 Å². The maximum absolute atomic E-state index is 12.1. The predicted octanol–water partition coefficient (Wildman–Crippen LogP) is 0.944. The molecule has 1 aliphatic heterocycles. The van der Waals surface area contributed by atoms with Gasteiger partial charge in [0.05, 0.1) is 36.3 Å². The molecule has 0 aliphatic carbocycles. The van der Waals surface area contributed by atoms with E-state index in [9.17, 15) is 18.0 Å². The first-order valence-electron chi connectivity index (χ1n) is 8.17. The number of sulfone groups is 1. The van der Waals surface area contributed by atoms with Gasteiger partial charge in [-0.2, -0.15) is 0 Å².